The molecule has 8 nitrogen and oxygen atoms in total. The van der Waals surface area contributed by atoms with Crippen LogP contribution in [0.15, 0.2) is 23.1 Å². The molecule has 2 fully saturated rings. The number of aryl methyl sites for hydroxylation is 1. The molecule has 1 saturated heterocycles. The SMILES string of the molecule is CCOC(=O)c1c(NC(=O)CCCCCN2C(=O)/C(=C/c3ccc(OC4CCCCC4)c(OC)c3)SC2=S)sc2c1CCCC2. The number of benzene rings is 1. The zero-order valence-electron chi connectivity index (χ0n) is 26.1. The number of nitrogens with one attached hydrogen (secondary N) is 1. The topological polar surface area (TPSA) is 94.2 Å². The molecule has 2 aromatic rings. The predicted octanol–water partition coefficient (Wildman–Crippen LogP) is 7.92. The normalized spacial score (nSPS) is 17.8. The summed E-state index contributed by atoms with van der Waals surface area (Å²) in [6, 6.07) is 5.76. The van der Waals surface area contributed by atoms with Gasteiger partial charge in [0, 0.05) is 17.8 Å². The number of ether oxygens (including phenoxy) is 3. The van der Waals surface area contributed by atoms with Crippen molar-refractivity contribution in [1.29, 1.82) is 0 Å². The van der Waals surface area contributed by atoms with E-state index in [2.05, 4.69) is 5.32 Å². The van der Waals surface area contributed by atoms with Crippen LogP contribution in [0, 0.1) is 0 Å². The summed E-state index contributed by atoms with van der Waals surface area (Å²) < 4.78 is 17.7. The zero-order valence-corrected chi connectivity index (χ0v) is 28.6. The molecule has 3 aliphatic rings. The Morgan fingerprint density at radius 1 is 1.07 bits per heavy atom. The molecule has 0 radical (unpaired) electrons. The lowest BCUT2D eigenvalue weighted by Gasteiger charge is -2.24. The van der Waals surface area contributed by atoms with Crippen LogP contribution < -0.4 is 14.8 Å². The highest BCUT2D eigenvalue weighted by Crippen LogP contribution is 2.39. The summed E-state index contributed by atoms with van der Waals surface area (Å²) in [5.74, 6) is 0.821. The lowest BCUT2D eigenvalue weighted by atomic mass is 9.95. The molecule has 0 spiro atoms. The quantitative estimate of drug-likeness (QED) is 0.0995. The summed E-state index contributed by atoms with van der Waals surface area (Å²) in [4.78, 5) is 42.1. The fraction of sp³-hybridized carbons (Fsp3) is 0.529. The van der Waals surface area contributed by atoms with Crippen molar-refractivity contribution in [3.63, 3.8) is 0 Å². The second-order valence-electron chi connectivity index (χ2n) is 11.6. The molecule has 2 heterocycles. The first kappa shape index (κ1) is 33.5. The smallest absolute Gasteiger partial charge is 0.341 e. The number of carbonyl (C=O) groups is 3. The van der Waals surface area contributed by atoms with Crippen LogP contribution in [0.3, 0.4) is 0 Å². The molecule has 242 valence electrons. The average Bonchev–Trinajstić information content (AvgIpc) is 3.53. The number of thiocarbonyl (C=S) groups is 1. The van der Waals surface area contributed by atoms with E-state index < -0.39 is 0 Å². The van der Waals surface area contributed by atoms with Gasteiger partial charge in [0.05, 0.1) is 30.3 Å². The molecular formula is C34H42N2O6S3. The van der Waals surface area contributed by atoms with Crippen molar-refractivity contribution in [2.75, 3.05) is 25.6 Å². The second kappa shape index (κ2) is 16.1. The summed E-state index contributed by atoms with van der Waals surface area (Å²) >= 11 is 8.34. The highest BCUT2D eigenvalue weighted by atomic mass is 32.2. The van der Waals surface area contributed by atoms with E-state index in [1.165, 1.54) is 47.2 Å². The van der Waals surface area contributed by atoms with E-state index in [1.54, 1.807) is 18.9 Å². The van der Waals surface area contributed by atoms with Crippen molar-refractivity contribution in [3.8, 4) is 11.5 Å². The molecule has 0 bridgehead atoms. The number of thioether (sulfide) groups is 1. The molecule has 1 aromatic carbocycles. The fourth-order valence-electron chi connectivity index (χ4n) is 6.07. The van der Waals surface area contributed by atoms with Gasteiger partial charge in [0.15, 0.2) is 11.5 Å². The standard InChI is InChI=1S/C34H42N2O6S3/c1-3-41-33(39)30-24-14-9-10-15-27(24)44-31(30)35-29(37)16-8-5-11-19-36-32(38)28(45-34(36)43)21-22-17-18-25(26(20-22)40-2)42-23-12-6-4-7-13-23/h17-18,20-21,23H,3-16,19H2,1-2H3,(H,35,37)/b28-21-. The summed E-state index contributed by atoms with van der Waals surface area (Å²) in [6.45, 7) is 2.59. The summed E-state index contributed by atoms with van der Waals surface area (Å²) in [5.41, 5.74) is 2.43. The van der Waals surface area contributed by atoms with Gasteiger partial charge in [-0.2, -0.15) is 0 Å². The number of anilines is 1. The number of nitrogens with zero attached hydrogens (tertiary/aromatic N) is 1. The Hall–Kier alpha value is -2.89. The maximum absolute atomic E-state index is 13.2. The van der Waals surface area contributed by atoms with Crippen molar-refractivity contribution >= 4 is 68.5 Å². The van der Waals surface area contributed by atoms with E-state index in [0.29, 0.717) is 51.5 Å². The van der Waals surface area contributed by atoms with E-state index in [9.17, 15) is 14.4 Å². The molecule has 1 N–H and O–H groups in total. The van der Waals surface area contributed by atoms with Crippen LogP contribution in [0.25, 0.3) is 6.08 Å². The van der Waals surface area contributed by atoms with Gasteiger partial charge in [-0.05, 0) is 100 Å². The van der Waals surface area contributed by atoms with Crippen LogP contribution >= 0.6 is 35.3 Å². The van der Waals surface area contributed by atoms with E-state index in [-0.39, 0.29) is 23.9 Å². The minimum Gasteiger partial charge on any atom is -0.493 e. The molecule has 2 amide bonds. The Balaban J connectivity index is 1.09. The van der Waals surface area contributed by atoms with Crippen molar-refractivity contribution in [1.82, 2.24) is 4.90 Å². The highest BCUT2D eigenvalue weighted by Gasteiger charge is 2.32. The molecule has 1 aromatic heterocycles. The van der Waals surface area contributed by atoms with Crippen molar-refractivity contribution in [2.24, 2.45) is 0 Å². The monoisotopic (exact) mass is 670 g/mol. The number of thiophene rings is 1. The third-order valence-electron chi connectivity index (χ3n) is 8.39. The molecule has 0 unspecified atom stereocenters. The molecular weight excluding hydrogens is 629 g/mol. The third-order valence-corrected chi connectivity index (χ3v) is 11.0. The maximum Gasteiger partial charge on any atom is 0.341 e. The Morgan fingerprint density at radius 2 is 1.87 bits per heavy atom. The largest absolute Gasteiger partial charge is 0.493 e. The Labute approximate surface area is 279 Å². The molecule has 45 heavy (non-hydrogen) atoms. The van der Waals surface area contributed by atoms with Gasteiger partial charge in [-0.15, -0.1) is 11.3 Å². The highest BCUT2D eigenvalue weighted by molar-refractivity contribution is 8.26. The Kier molecular flexibility index (Phi) is 12.0. The second-order valence-corrected chi connectivity index (χ2v) is 14.4. The van der Waals surface area contributed by atoms with Crippen LogP contribution in [-0.4, -0.2) is 53.4 Å². The van der Waals surface area contributed by atoms with Crippen molar-refractivity contribution < 1.29 is 28.6 Å². The number of amides is 2. The van der Waals surface area contributed by atoms with Gasteiger partial charge in [-0.1, -0.05) is 42.9 Å². The number of fused-ring (bicyclic) bond motifs is 1. The summed E-state index contributed by atoms with van der Waals surface area (Å²) in [6.07, 6.45) is 14.3. The number of hydrogen-bond donors (Lipinski definition) is 1. The molecule has 1 aliphatic heterocycles. The predicted molar refractivity (Wildman–Crippen MR) is 184 cm³/mol. The van der Waals surface area contributed by atoms with Crippen LogP contribution in [0.2, 0.25) is 0 Å². The first-order valence-corrected chi connectivity index (χ1v) is 18.1. The van der Waals surface area contributed by atoms with Crippen LogP contribution in [0.4, 0.5) is 5.00 Å². The third kappa shape index (κ3) is 8.48. The lowest BCUT2D eigenvalue weighted by Crippen LogP contribution is -2.29. The number of rotatable bonds is 13. The number of hydrogen-bond acceptors (Lipinski definition) is 9. The van der Waals surface area contributed by atoms with Gasteiger partial charge in [0.1, 0.15) is 9.32 Å². The zero-order chi connectivity index (χ0) is 31.8. The van der Waals surface area contributed by atoms with E-state index >= 15 is 0 Å². The molecule has 0 atom stereocenters. The van der Waals surface area contributed by atoms with Gasteiger partial charge >= 0.3 is 5.97 Å². The summed E-state index contributed by atoms with van der Waals surface area (Å²) in [5, 5.41) is 3.59. The molecule has 5 rings (SSSR count). The molecule has 2 aliphatic carbocycles. The van der Waals surface area contributed by atoms with Crippen LogP contribution in [0.5, 0.6) is 11.5 Å². The van der Waals surface area contributed by atoms with Crippen LogP contribution in [0.1, 0.15) is 104 Å². The Morgan fingerprint density at radius 3 is 2.64 bits per heavy atom. The first-order valence-electron chi connectivity index (χ1n) is 16.1. The number of unbranched alkanes of at least 4 members (excludes halogenated alkanes) is 2. The minimum atomic E-state index is -0.357. The number of methoxy groups -OCH3 is 1. The van der Waals surface area contributed by atoms with E-state index in [4.69, 9.17) is 26.4 Å². The summed E-state index contributed by atoms with van der Waals surface area (Å²) in [7, 11) is 1.63. The average molecular weight is 671 g/mol. The fourth-order valence-corrected chi connectivity index (χ4v) is 8.67. The van der Waals surface area contributed by atoms with Gasteiger partial charge in [0.2, 0.25) is 5.91 Å². The maximum atomic E-state index is 13.2. The molecule has 1 saturated carbocycles. The van der Waals surface area contributed by atoms with Gasteiger partial charge in [-0.25, -0.2) is 4.79 Å². The number of carbonyl (C=O) groups excluding carboxylic acids is 3. The molecule has 11 heteroatoms. The number of esters is 1. The van der Waals surface area contributed by atoms with E-state index in [0.717, 1.165) is 68.2 Å². The minimum absolute atomic E-state index is 0.0996. The van der Waals surface area contributed by atoms with Crippen LogP contribution in [-0.2, 0) is 27.2 Å². The van der Waals surface area contributed by atoms with Gasteiger partial charge < -0.3 is 19.5 Å². The first-order chi connectivity index (χ1) is 21.9. The van der Waals surface area contributed by atoms with Crippen molar-refractivity contribution in [3.05, 3.63) is 44.7 Å². The lowest BCUT2D eigenvalue weighted by molar-refractivity contribution is -0.122. The van der Waals surface area contributed by atoms with Crippen molar-refractivity contribution in [2.45, 2.75) is 96.5 Å². The van der Waals surface area contributed by atoms with Gasteiger partial charge in [-0.3, -0.25) is 14.5 Å². The van der Waals surface area contributed by atoms with Gasteiger partial charge in [0.25, 0.3) is 5.91 Å². The van der Waals surface area contributed by atoms with E-state index in [1.807, 2.05) is 24.3 Å². The Bertz CT molecular complexity index is 1450.